The molecule has 0 atom stereocenters. The number of benzene rings is 1. The molecule has 118 valence electrons. The normalized spacial score (nSPS) is 19.7. The molecule has 2 fully saturated rings. The van der Waals surface area contributed by atoms with E-state index in [1.165, 1.54) is 0 Å². The fourth-order valence-electron chi connectivity index (χ4n) is 3.12. The van der Waals surface area contributed by atoms with Gasteiger partial charge in [-0.3, -0.25) is 4.79 Å². The van der Waals surface area contributed by atoms with Crippen LogP contribution >= 0.6 is 0 Å². The highest BCUT2D eigenvalue weighted by Crippen LogP contribution is 2.49. The first-order valence-electron chi connectivity index (χ1n) is 7.94. The third kappa shape index (κ3) is 2.67. The van der Waals surface area contributed by atoms with Crippen LogP contribution in [0.4, 0.5) is 4.79 Å². The first-order chi connectivity index (χ1) is 10.7. The zero-order valence-electron chi connectivity index (χ0n) is 13.0. The molecule has 0 N–H and O–H groups in total. The van der Waals surface area contributed by atoms with E-state index in [9.17, 15) is 9.59 Å². The van der Waals surface area contributed by atoms with Gasteiger partial charge in [0.25, 0.3) is 0 Å². The van der Waals surface area contributed by atoms with Crippen LogP contribution < -0.4 is 0 Å². The maximum absolute atomic E-state index is 12.9. The molecule has 5 nitrogen and oxygen atoms in total. The van der Waals surface area contributed by atoms with Gasteiger partial charge in [-0.1, -0.05) is 30.3 Å². The Hall–Kier alpha value is -2.04. The molecular formula is C17H22N2O3. The number of rotatable bonds is 3. The van der Waals surface area contributed by atoms with Crippen molar-refractivity contribution in [2.45, 2.75) is 25.2 Å². The number of hydrogen-bond donors (Lipinski definition) is 0. The smallest absolute Gasteiger partial charge is 0.409 e. The molecule has 1 saturated heterocycles. The second-order valence-corrected chi connectivity index (χ2v) is 5.93. The van der Waals surface area contributed by atoms with Crippen molar-refractivity contribution in [2.24, 2.45) is 0 Å². The average Bonchev–Trinajstić information content (AvgIpc) is 3.37. The van der Waals surface area contributed by atoms with Crippen LogP contribution in [0.15, 0.2) is 30.3 Å². The zero-order chi connectivity index (χ0) is 15.6. The van der Waals surface area contributed by atoms with Crippen molar-refractivity contribution in [2.75, 3.05) is 32.8 Å². The number of carbonyl (C=O) groups excluding carboxylic acids is 2. The third-order valence-electron chi connectivity index (χ3n) is 4.58. The van der Waals surface area contributed by atoms with E-state index < -0.39 is 0 Å². The zero-order valence-corrected chi connectivity index (χ0v) is 13.0. The molecule has 0 aromatic heterocycles. The van der Waals surface area contributed by atoms with E-state index in [0.717, 1.165) is 18.4 Å². The fourth-order valence-corrected chi connectivity index (χ4v) is 3.12. The Labute approximate surface area is 130 Å². The van der Waals surface area contributed by atoms with Gasteiger partial charge < -0.3 is 14.5 Å². The average molecular weight is 302 g/mol. The second kappa shape index (κ2) is 5.99. The predicted molar refractivity (Wildman–Crippen MR) is 82.5 cm³/mol. The van der Waals surface area contributed by atoms with Gasteiger partial charge in [0.2, 0.25) is 5.91 Å². The molecule has 3 rings (SSSR count). The molecule has 1 aliphatic carbocycles. The minimum Gasteiger partial charge on any atom is -0.450 e. The lowest BCUT2D eigenvalue weighted by Crippen LogP contribution is -2.53. The molecule has 1 aromatic rings. The highest BCUT2D eigenvalue weighted by Gasteiger charge is 2.53. The summed E-state index contributed by atoms with van der Waals surface area (Å²) in [4.78, 5) is 28.2. The minimum atomic E-state index is -0.312. The summed E-state index contributed by atoms with van der Waals surface area (Å²) in [5, 5.41) is 0. The highest BCUT2D eigenvalue weighted by molar-refractivity contribution is 5.91. The van der Waals surface area contributed by atoms with Gasteiger partial charge in [-0.25, -0.2) is 4.79 Å². The Kier molecular flexibility index (Phi) is 4.05. The van der Waals surface area contributed by atoms with Gasteiger partial charge in [0, 0.05) is 26.2 Å². The van der Waals surface area contributed by atoms with Crippen LogP contribution in [0, 0.1) is 0 Å². The van der Waals surface area contributed by atoms with Crippen molar-refractivity contribution in [3.63, 3.8) is 0 Å². The van der Waals surface area contributed by atoms with Crippen LogP contribution in [0.5, 0.6) is 0 Å². The lowest BCUT2D eigenvalue weighted by Gasteiger charge is -2.36. The number of carbonyl (C=O) groups is 2. The molecule has 1 aliphatic heterocycles. The van der Waals surface area contributed by atoms with E-state index >= 15 is 0 Å². The molecule has 0 spiro atoms. The molecule has 2 amide bonds. The summed E-state index contributed by atoms with van der Waals surface area (Å²) in [6.45, 7) is 4.47. The Morgan fingerprint density at radius 3 is 2.18 bits per heavy atom. The molecule has 0 radical (unpaired) electrons. The Balaban J connectivity index is 1.62. The van der Waals surface area contributed by atoms with Gasteiger partial charge in [0.05, 0.1) is 12.0 Å². The molecular weight excluding hydrogens is 280 g/mol. The van der Waals surface area contributed by atoms with Crippen molar-refractivity contribution in [3.05, 3.63) is 35.9 Å². The highest BCUT2D eigenvalue weighted by atomic mass is 16.6. The monoisotopic (exact) mass is 302 g/mol. The largest absolute Gasteiger partial charge is 0.450 e. The lowest BCUT2D eigenvalue weighted by atomic mass is 9.94. The predicted octanol–water partition coefficient (Wildman–Crippen LogP) is 2.02. The summed E-state index contributed by atoms with van der Waals surface area (Å²) in [7, 11) is 0. The van der Waals surface area contributed by atoms with E-state index in [2.05, 4.69) is 0 Å². The fraction of sp³-hybridized carbons (Fsp3) is 0.529. The SMILES string of the molecule is CCOC(=O)N1CCN(C(=O)C2(c3ccccc3)CC2)CC1. The number of hydrogen-bond acceptors (Lipinski definition) is 3. The summed E-state index contributed by atoms with van der Waals surface area (Å²) in [6, 6.07) is 10.0. The van der Waals surface area contributed by atoms with Gasteiger partial charge in [0.15, 0.2) is 0 Å². The Morgan fingerprint density at radius 1 is 1.05 bits per heavy atom. The summed E-state index contributed by atoms with van der Waals surface area (Å²) in [5.41, 5.74) is 0.806. The summed E-state index contributed by atoms with van der Waals surface area (Å²) in [5.74, 6) is 0.210. The summed E-state index contributed by atoms with van der Waals surface area (Å²) in [6.07, 6.45) is 1.57. The van der Waals surface area contributed by atoms with Crippen molar-refractivity contribution in [3.8, 4) is 0 Å². The van der Waals surface area contributed by atoms with Crippen molar-refractivity contribution >= 4 is 12.0 Å². The maximum atomic E-state index is 12.9. The van der Waals surface area contributed by atoms with Crippen LogP contribution in [-0.2, 0) is 14.9 Å². The van der Waals surface area contributed by atoms with Crippen molar-refractivity contribution in [1.82, 2.24) is 9.80 Å². The molecule has 1 saturated carbocycles. The maximum Gasteiger partial charge on any atom is 0.409 e. The molecule has 0 bridgehead atoms. The molecule has 2 aliphatic rings. The summed E-state index contributed by atoms with van der Waals surface area (Å²) >= 11 is 0. The topological polar surface area (TPSA) is 49.9 Å². The Bertz CT molecular complexity index is 546. The van der Waals surface area contributed by atoms with Crippen molar-refractivity contribution < 1.29 is 14.3 Å². The van der Waals surface area contributed by atoms with Crippen LogP contribution in [0.25, 0.3) is 0 Å². The Morgan fingerprint density at radius 2 is 1.64 bits per heavy atom. The molecule has 22 heavy (non-hydrogen) atoms. The summed E-state index contributed by atoms with van der Waals surface area (Å²) < 4.78 is 5.01. The van der Waals surface area contributed by atoms with E-state index in [-0.39, 0.29) is 17.4 Å². The van der Waals surface area contributed by atoms with Crippen LogP contribution in [0.2, 0.25) is 0 Å². The van der Waals surface area contributed by atoms with E-state index in [1.54, 1.807) is 11.8 Å². The standard InChI is InChI=1S/C17H22N2O3/c1-2-22-16(21)19-12-10-18(11-13-19)15(20)17(8-9-17)14-6-4-3-5-7-14/h3-7H,2,8-13H2,1H3. The van der Waals surface area contributed by atoms with Gasteiger partial charge in [-0.15, -0.1) is 0 Å². The van der Waals surface area contributed by atoms with Gasteiger partial charge in [0.1, 0.15) is 0 Å². The van der Waals surface area contributed by atoms with E-state index in [4.69, 9.17) is 4.74 Å². The third-order valence-corrected chi connectivity index (χ3v) is 4.58. The first kappa shape index (κ1) is 14.9. The number of nitrogens with zero attached hydrogens (tertiary/aromatic N) is 2. The van der Waals surface area contributed by atoms with Gasteiger partial charge in [-0.2, -0.15) is 0 Å². The van der Waals surface area contributed by atoms with Crippen molar-refractivity contribution in [1.29, 1.82) is 0 Å². The van der Waals surface area contributed by atoms with E-state index in [0.29, 0.717) is 32.8 Å². The molecule has 5 heteroatoms. The molecule has 0 unspecified atom stereocenters. The van der Waals surface area contributed by atoms with E-state index in [1.807, 2.05) is 35.2 Å². The lowest BCUT2D eigenvalue weighted by molar-refractivity contribution is -0.135. The second-order valence-electron chi connectivity index (χ2n) is 5.93. The van der Waals surface area contributed by atoms with Crippen LogP contribution in [0.3, 0.4) is 0 Å². The van der Waals surface area contributed by atoms with Gasteiger partial charge >= 0.3 is 6.09 Å². The molecule has 1 aromatic carbocycles. The minimum absolute atomic E-state index is 0.210. The number of piperazine rings is 1. The van der Waals surface area contributed by atoms with Crippen LogP contribution in [-0.4, -0.2) is 54.6 Å². The first-order valence-corrected chi connectivity index (χ1v) is 7.94. The van der Waals surface area contributed by atoms with Crippen LogP contribution in [0.1, 0.15) is 25.3 Å². The van der Waals surface area contributed by atoms with Gasteiger partial charge in [-0.05, 0) is 25.3 Å². The number of amides is 2. The quantitative estimate of drug-likeness (QED) is 0.858. The number of ether oxygens (including phenoxy) is 1. The molecule has 1 heterocycles.